The SMILES string of the molecule is CNc1nc(-c2cc(C)nc3ccccc23)ncc1I. The third-order valence-corrected chi connectivity index (χ3v) is 3.86. The molecule has 1 aromatic carbocycles. The van der Waals surface area contributed by atoms with Crippen LogP contribution in [0.5, 0.6) is 0 Å². The van der Waals surface area contributed by atoms with Crippen LogP contribution in [0.4, 0.5) is 5.82 Å². The van der Waals surface area contributed by atoms with Crippen molar-refractivity contribution in [2.24, 2.45) is 0 Å². The molecule has 0 saturated carbocycles. The molecule has 0 bridgehead atoms. The number of aryl methyl sites for hydroxylation is 1. The van der Waals surface area contributed by atoms with E-state index in [1.54, 1.807) is 0 Å². The van der Waals surface area contributed by atoms with Gasteiger partial charge in [-0.3, -0.25) is 4.98 Å². The van der Waals surface area contributed by atoms with Gasteiger partial charge in [0.15, 0.2) is 5.82 Å². The number of rotatable bonds is 2. The predicted molar refractivity (Wildman–Crippen MR) is 89.8 cm³/mol. The van der Waals surface area contributed by atoms with Crippen molar-refractivity contribution in [2.45, 2.75) is 6.92 Å². The van der Waals surface area contributed by atoms with Crippen molar-refractivity contribution >= 4 is 39.3 Å². The number of nitrogens with zero attached hydrogens (tertiary/aromatic N) is 3. The first kappa shape index (κ1) is 13.2. The summed E-state index contributed by atoms with van der Waals surface area (Å²) in [5.41, 5.74) is 2.95. The van der Waals surface area contributed by atoms with Crippen LogP contribution in [0.3, 0.4) is 0 Å². The molecule has 20 heavy (non-hydrogen) atoms. The molecular weight excluding hydrogens is 363 g/mol. The van der Waals surface area contributed by atoms with E-state index in [0.29, 0.717) is 0 Å². The normalized spacial score (nSPS) is 10.8. The lowest BCUT2D eigenvalue weighted by Gasteiger charge is -2.09. The highest BCUT2D eigenvalue weighted by atomic mass is 127. The summed E-state index contributed by atoms with van der Waals surface area (Å²) in [7, 11) is 1.87. The Balaban J connectivity index is 2.28. The van der Waals surface area contributed by atoms with Gasteiger partial charge in [0, 0.05) is 29.9 Å². The summed E-state index contributed by atoms with van der Waals surface area (Å²) in [6.07, 6.45) is 1.83. The standard InChI is InChI=1S/C15H13IN4/c1-9-7-11(10-5-3-4-6-13(10)19-9)14-18-8-12(16)15(17-2)20-14/h3-8H,1-2H3,(H,17,18,20). The van der Waals surface area contributed by atoms with Gasteiger partial charge in [-0.1, -0.05) is 18.2 Å². The molecule has 100 valence electrons. The molecule has 3 rings (SSSR count). The van der Waals surface area contributed by atoms with E-state index in [1.165, 1.54) is 0 Å². The summed E-state index contributed by atoms with van der Waals surface area (Å²) in [4.78, 5) is 13.6. The molecular formula is C15H13IN4. The fraction of sp³-hybridized carbons (Fsp3) is 0.133. The third kappa shape index (κ3) is 2.33. The molecule has 0 saturated heterocycles. The van der Waals surface area contributed by atoms with Crippen LogP contribution in [-0.2, 0) is 0 Å². The van der Waals surface area contributed by atoms with E-state index in [9.17, 15) is 0 Å². The second-order valence-corrected chi connectivity index (χ2v) is 5.63. The summed E-state index contributed by atoms with van der Waals surface area (Å²) < 4.78 is 1.00. The molecule has 0 spiro atoms. The van der Waals surface area contributed by atoms with Crippen molar-refractivity contribution in [3.63, 3.8) is 0 Å². The molecule has 0 aliphatic heterocycles. The molecule has 4 nitrogen and oxygen atoms in total. The number of hydrogen-bond donors (Lipinski definition) is 1. The molecule has 0 aliphatic carbocycles. The number of benzene rings is 1. The van der Waals surface area contributed by atoms with Crippen molar-refractivity contribution in [3.05, 3.63) is 45.8 Å². The van der Waals surface area contributed by atoms with Crippen molar-refractivity contribution < 1.29 is 0 Å². The maximum atomic E-state index is 4.59. The minimum Gasteiger partial charge on any atom is -0.372 e. The Morgan fingerprint density at radius 3 is 2.75 bits per heavy atom. The van der Waals surface area contributed by atoms with Crippen LogP contribution >= 0.6 is 22.6 Å². The quantitative estimate of drug-likeness (QED) is 0.694. The van der Waals surface area contributed by atoms with Gasteiger partial charge in [0.1, 0.15) is 5.82 Å². The Morgan fingerprint density at radius 2 is 1.95 bits per heavy atom. The summed E-state index contributed by atoms with van der Waals surface area (Å²) >= 11 is 2.22. The second kappa shape index (κ2) is 5.32. The average Bonchev–Trinajstić information content (AvgIpc) is 2.47. The van der Waals surface area contributed by atoms with Crippen LogP contribution in [0.2, 0.25) is 0 Å². The molecule has 0 aliphatic rings. The Bertz CT molecular complexity index is 786. The lowest BCUT2D eigenvalue weighted by molar-refractivity contribution is 1.15. The van der Waals surface area contributed by atoms with Crippen molar-refractivity contribution in [3.8, 4) is 11.4 Å². The van der Waals surface area contributed by atoms with Gasteiger partial charge in [0.25, 0.3) is 0 Å². The highest BCUT2D eigenvalue weighted by Crippen LogP contribution is 2.27. The first-order valence-electron chi connectivity index (χ1n) is 6.26. The van der Waals surface area contributed by atoms with Crippen LogP contribution < -0.4 is 5.32 Å². The molecule has 1 N–H and O–H groups in total. The van der Waals surface area contributed by atoms with Crippen molar-refractivity contribution in [1.82, 2.24) is 15.0 Å². The Kier molecular flexibility index (Phi) is 3.52. The van der Waals surface area contributed by atoms with E-state index in [2.05, 4.69) is 48.9 Å². The summed E-state index contributed by atoms with van der Waals surface area (Å²) in [5, 5.41) is 4.16. The van der Waals surface area contributed by atoms with Gasteiger partial charge in [-0.05, 0) is 41.6 Å². The minimum atomic E-state index is 0.719. The van der Waals surface area contributed by atoms with Crippen LogP contribution in [0.15, 0.2) is 36.5 Å². The molecule has 0 atom stereocenters. The maximum absolute atomic E-state index is 4.59. The first-order chi connectivity index (χ1) is 9.69. The molecule has 0 radical (unpaired) electrons. The third-order valence-electron chi connectivity index (χ3n) is 3.07. The maximum Gasteiger partial charge on any atom is 0.162 e. The van der Waals surface area contributed by atoms with Crippen LogP contribution in [0.25, 0.3) is 22.3 Å². The second-order valence-electron chi connectivity index (χ2n) is 4.47. The van der Waals surface area contributed by atoms with E-state index in [-0.39, 0.29) is 0 Å². The number of halogens is 1. The monoisotopic (exact) mass is 376 g/mol. The number of aromatic nitrogens is 3. The average molecular weight is 376 g/mol. The van der Waals surface area contributed by atoms with E-state index in [1.807, 2.05) is 44.4 Å². The van der Waals surface area contributed by atoms with Crippen LogP contribution in [-0.4, -0.2) is 22.0 Å². The number of para-hydroxylation sites is 1. The molecule has 5 heteroatoms. The molecule has 0 unspecified atom stereocenters. The molecule has 2 heterocycles. The van der Waals surface area contributed by atoms with Gasteiger partial charge in [-0.25, -0.2) is 9.97 Å². The Morgan fingerprint density at radius 1 is 1.15 bits per heavy atom. The van der Waals surface area contributed by atoms with Gasteiger partial charge in [-0.15, -0.1) is 0 Å². The zero-order valence-electron chi connectivity index (χ0n) is 11.2. The highest BCUT2D eigenvalue weighted by molar-refractivity contribution is 14.1. The van der Waals surface area contributed by atoms with Gasteiger partial charge < -0.3 is 5.32 Å². The fourth-order valence-electron chi connectivity index (χ4n) is 2.17. The van der Waals surface area contributed by atoms with Gasteiger partial charge in [0.05, 0.1) is 9.09 Å². The smallest absolute Gasteiger partial charge is 0.162 e. The zero-order chi connectivity index (χ0) is 14.1. The van der Waals surface area contributed by atoms with E-state index in [0.717, 1.165) is 37.4 Å². The van der Waals surface area contributed by atoms with Crippen molar-refractivity contribution in [2.75, 3.05) is 12.4 Å². The minimum absolute atomic E-state index is 0.719. The van der Waals surface area contributed by atoms with E-state index in [4.69, 9.17) is 0 Å². The number of fused-ring (bicyclic) bond motifs is 1. The van der Waals surface area contributed by atoms with E-state index < -0.39 is 0 Å². The fourth-order valence-corrected chi connectivity index (χ4v) is 2.69. The lowest BCUT2D eigenvalue weighted by Crippen LogP contribution is -2.00. The van der Waals surface area contributed by atoms with Gasteiger partial charge in [-0.2, -0.15) is 0 Å². The first-order valence-corrected chi connectivity index (χ1v) is 7.34. The molecule has 3 aromatic rings. The number of nitrogens with one attached hydrogen (secondary N) is 1. The summed E-state index contributed by atoms with van der Waals surface area (Å²) in [6, 6.07) is 10.1. The molecule has 0 amide bonds. The predicted octanol–water partition coefficient (Wildman–Crippen LogP) is 3.65. The summed E-state index contributed by atoms with van der Waals surface area (Å²) in [6.45, 7) is 1.99. The van der Waals surface area contributed by atoms with Crippen molar-refractivity contribution in [1.29, 1.82) is 0 Å². The molecule has 0 fully saturated rings. The summed E-state index contributed by atoms with van der Waals surface area (Å²) in [5.74, 6) is 1.56. The topological polar surface area (TPSA) is 50.7 Å². The zero-order valence-corrected chi connectivity index (χ0v) is 13.3. The van der Waals surface area contributed by atoms with Gasteiger partial charge >= 0.3 is 0 Å². The lowest BCUT2D eigenvalue weighted by atomic mass is 10.1. The van der Waals surface area contributed by atoms with Gasteiger partial charge in [0.2, 0.25) is 0 Å². The highest BCUT2D eigenvalue weighted by Gasteiger charge is 2.10. The Hall–Kier alpha value is -1.76. The van der Waals surface area contributed by atoms with Crippen LogP contribution in [0.1, 0.15) is 5.69 Å². The molecule has 2 aromatic heterocycles. The Labute approximate surface area is 130 Å². The largest absolute Gasteiger partial charge is 0.372 e. The number of anilines is 1. The number of hydrogen-bond acceptors (Lipinski definition) is 4. The number of pyridine rings is 1. The van der Waals surface area contributed by atoms with E-state index >= 15 is 0 Å². The van der Waals surface area contributed by atoms with Crippen LogP contribution in [0, 0.1) is 10.5 Å².